The summed E-state index contributed by atoms with van der Waals surface area (Å²) in [5, 5.41) is 7.49. The molecule has 0 aromatic heterocycles. The largest absolute Gasteiger partial charge is 0.493 e. The Balaban J connectivity index is 3.28. The van der Waals surface area contributed by atoms with Gasteiger partial charge in [0.2, 0.25) is 5.96 Å². The van der Waals surface area contributed by atoms with Crippen LogP contribution in [0.2, 0.25) is 0 Å². The van der Waals surface area contributed by atoms with Gasteiger partial charge in [-0.05, 0) is 25.3 Å². The molecule has 0 unspecified atom stereocenters. The average molecular weight is 262 g/mol. The van der Waals surface area contributed by atoms with E-state index in [1.807, 2.05) is 26.0 Å². The zero-order valence-electron chi connectivity index (χ0n) is 12.0. The van der Waals surface area contributed by atoms with Crippen molar-refractivity contribution in [3.63, 3.8) is 0 Å². The Bertz CT molecular complexity index is 488. The van der Waals surface area contributed by atoms with E-state index in [-0.39, 0.29) is 5.96 Å². The fourth-order valence-electron chi connectivity index (χ4n) is 1.93. The van der Waals surface area contributed by atoms with Crippen LogP contribution in [0.1, 0.15) is 43.4 Å². The molecule has 5 heteroatoms. The fraction of sp³-hybridized carbons (Fsp3) is 0.429. The topological polar surface area (TPSA) is 86.0 Å². The van der Waals surface area contributed by atoms with Crippen LogP contribution in [0.15, 0.2) is 22.3 Å². The summed E-state index contributed by atoms with van der Waals surface area (Å²) < 4.78 is 5.75. The Morgan fingerprint density at radius 2 is 2.05 bits per heavy atom. The fourth-order valence-corrected chi connectivity index (χ4v) is 1.93. The molecule has 0 saturated heterocycles. The van der Waals surface area contributed by atoms with E-state index in [0.717, 1.165) is 22.4 Å². The first-order valence-corrected chi connectivity index (χ1v) is 6.35. The van der Waals surface area contributed by atoms with Crippen LogP contribution in [0.25, 0.3) is 0 Å². The van der Waals surface area contributed by atoms with Gasteiger partial charge >= 0.3 is 0 Å². The molecule has 0 bridgehead atoms. The van der Waals surface area contributed by atoms with Crippen molar-refractivity contribution in [3.8, 4) is 5.75 Å². The van der Waals surface area contributed by atoms with Crippen molar-refractivity contribution in [2.75, 3.05) is 6.61 Å². The molecule has 1 aromatic carbocycles. The molecule has 5 nitrogen and oxygen atoms in total. The van der Waals surface area contributed by atoms with Gasteiger partial charge in [0, 0.05) is 11.1 Å². The molecule has 0 aliphatic carbocycles. The highest BCUT2D eigenvalue weighted by molar-refractivity contribution is 5.84. The minimum atomic E-state index is -0.0560. The predicted molar refractivity (Wildman–Crippen MR) is 79.8 cm³/mol. The summed E-state index contributed by atoms with van der Waals surface area (Å²) in [7, 11) is 0. The van der Waals surface area contributed by atoms with Gasteiger partial charge in [-0.1, -0.05) is 26.0 Å². The molecule has 1 rings (SSSR count). The summed E-state index contributed by atoms with van der Waals surface area (Å²) in [6.07, 6.45) is 1.65. The Morgan fingerprint density at radius 3 is 2.58 bits per heavy atom. The van der Waals surface area contributed by atoms with Gasteiger partial charge in [0.25, 0.3) is 0 Å². The molecular weight excluding hydrogens is 240 g/mol. The molecule has 0 radical (unpaired) electrons. The zero-order valence-corrected chi connectivity index (χ0v) is 12.0. The quantitative estimate of drug-likeness (QED) is 0.484. The van der Waals surface area contributed by atoms with Crippen molar-refractivity contribution in [2.24, 2.45) is 21.7 Å². The van der Waals surface area contributed by atoms with Crippen LogP contribution >= 0.6 is 0 Å². The third-order valence-corrected chi connectivity index (χ3v) is 2.66. The maximum atomic E-state index is 5.75. The smallest absolute Gasteiger partial charge is 0.211 e. The van der Waals surface area contributed by atoms with E-state index in [1.54, 1.807) is 6.21 Å². The number of aryl methyl sites for hydroxylation is 1. The third-order valence-electron chi connectivity index (χ3n) is 2.66. The van der Waals surface area contributed by atoms with Gasteiger partial charge in [-0.2, -0.15) is 5.10 Å². The van der Waals surface area contributed by atoms with E-state index in [2.05, 4.69) is 24.1 Å². The van der Waals surface area contributed by atoms with E-state index in [0.29, 0.717) is 12.5 Å². The Labute approximate surface area is 114 Å². The third kappa shape index (κ3) is 3.98. The lowest BCUT2D eigenvalue weighted by Gasteiger charge is -2.18. The lowest BCUT2D eigenvalue weighted by atomic mass is 9.94. The molecule has 1 aromatic rings. The van der Waals surface area contributed by atoms with Gasteiger partial charge in [0.1, 0.15) is 5.75 Å². The van der Waals surface area contributed by atoms with Gasteiger partial charge in [-0.3, -0.25) is 0 Å². The molecule has 104 valence electrons. The molecule has 0 aliphatic rings. The number of nitrogens with two attached hydrogens (primary N) is 2. The van der Waals surface area contributed by atoms with Gasteiger partial charge < -0.3 is 16.2 Å². The summed E-state index contributed by atoms with van der Waals surface area (Å²) in [6.45, 7) is 8.89. The van der Waals surface area contributed by atoms with Crippen molar-refractivity contribution < 1.29 is 4.74 Å². The van der Waals surface area contributed by atoms with Gasteiger partial charge in [-0.15, -0.1) is 5.10 Å². The van der Waals surface area contributed by atoms with Crippen molar-refractivity contribution in [1.82, 2.24) is 0 Å². The highest BCUT2D eigenvalue weighted by Crippen LogP contribution is 2.32. The van der Waals surface area contributed by atoms with Crippen LogP contribution < -0.4 is 16.2 Å². The normalized spacial score (nSPS) is 11.0. The Kier molecular flexibility index (Phi) is 5.36. The maximum absolute atomic E-state index is 5.75. The standard InChI is InChI=1S/C14H22N4O/c1-5-19-13-10(4)6-7-11(12(13)9(2)3)8-17-18-14(15)16/h6-9H,5H2,1-4H3,(H4,15,16,18). The first-order valence-electron chi connectivity index (χ1n) is 6.35. The monoisotopic (exact) mass is 262 g/mol. The summed E-state index contributed by atoms with van der Waals surface area (Å²) >= 11 is 0. The predicted octanol–water partition coefficient (Wildman–Crippen LogP) is 2.12. The van der Waals surface area contributed by atoms with Gasteiger partial charge in [-0.25, -0.2) is 0 Å². The van der Waals surface area contributed by atoms with Crippen LogP contribution in [0.3, 0.4) is 0 Å². The van der Waals surface area contributed by atoms with Crippen LogP contribution in [-0.4, -0.2) is 18.8 Å². The van der Waals surface area contributed by atoms with E-state index in [4.69, 9.17) is 16.2 Å². The average Bonchev–Trinajstić information content (AvgIpc) is 2.32. The first kappa shape index (κ1) is 15.0. The highest BCUT2D eigenvalue weighted by Gasteiger charge is 2.14. The number of nitrogens with zero attached hydrogens (tertiary/aromatic N) is 2. The molecule has 0 atom stereocenters. The molecule has 0 fully saturated rings. The van der Waals surface area contributed by atoms with E-state index in [1.165, 1.54) is 0 Å². The summed E-state index contributed by atoms with van der Waals surface area (Å²) in [5.41, 5.74) is 13.7. The molecular formula is C14H22N4O. The second-order valence-corrected chi connectivity index (χ2v) is 4.57. The van der Waals surface area contributed by atoms with Gasteiger partial charge in [0.05, 0.1) is 12.8 Å². The van der Waals surface area contributed by atoms with E-state index < -0.39 is 0 Å². The molecule has 4 N–H and O–H groups in total. The number of hydrogen-bond acceptors (Lipinski definition) is 3. The minimum Gasteiger partial charge on any atom is -0.493 e. The number of guanidine groups is 1. The minimum absolute atomic E-state index is 0.0560. The second-order valence-electron chi connectivity index (χ2n) is 4.57. The van der Waals surface area contributed by atoms with Gasteiger partial charge in [0.15, 0.2) is 0 Å². The summed E-state index contributed by atoms with van der Waals surface area (Å²) in [6, 6.07) is 4.01. The second kappa shape index (κ2) is 6.78. The highest BCUT2D eigenvalue weighted by atomic mass is 16.5. The number of benzene rings is 1. The lowest BCUT2D eigenvalue weighted by Crippen LogP contribution is -2.21. The van der Waals surface area contributed by atoms with E-state index >= 15 is 0 Å². The number of rotatable bonds is 5. The summed E-state index contributed by atoms with van der Waals surface area (Å²) in [5.74, 6) is 1.19. The van der Waals surface area contributed by atoms with Crippen molar-refractivity contribution >= 4 is 12.2 Å². The Morgan fingerprint density at radius 1 is 1.37 bits per heavy atom. The zero-order chi connectivity index (χ0) is 14.4. The van der Waals surface area contributed by atoms with Crippen LogP contribution in [0.5, 0.6) is 5.75 Å². The van der Waals surface area contributed by atoms with Crippen molar-refractivity contribution in [1.29, 1.82) is 0 Å². The molecule has 0 spiro atoms. The molecule has 0 heterocycles. The SMILES string of the molecule is CCOc1c(C)ccc(C=NN=C(N)N)c1C(C)C. The molecule has 0 amide bonds. The van der Waals surface area contributed by atoms with Crippen LogP contribution in [0.4, 0.5) is 0 Å². The van der Waals surface area contributed by atoms with Crippen LogP contribution in [-0.2, 0) is 0 Å². The molecule has 19 heavy (non-hydrogen) atoms. The van der Waals surface area contributed by atoms with Crippen LogP contribution in [0, 0.1) is 6.92 Å². The molecule has 0 aliphatic heterocycles. The van der Waals surface area contributed by atoms with Crippen molar-refractivity contribution in [3.05, 3.63) is 28.8 Å². The molecule has 0 saturated carbocycles. The summed E-state index contributed by atoms with van der Waals surface area (Å²) in [4.78, 5) is 0. The van der Waals surface area contributed by atoms with Crippen molar-refractivity contribution in [2.45, 2.75) is 33.6 Å². The Hall–Kier alpha value is -2.04. The number of hydrogen-bond donors (Lipinski definition) is 2. The maximum Gasteiger partial charge on any atom is 0.211 e. The van der Waals surface area contributed by atoms with E-state index in [9.17, 15) is 0 Å². The lowest BCUT2D eigenvalue weighted by molar-refractivity contribution is 0.332. The number of ether oxygens (including phenoxy) is 1. The first-order chi connectivity index (χ1) is 8.97.